The number of thiazole rings is 1. The quantitative estimate of drug-likeness (QED) is 0.834. The molecule has 84 valence electrons. The zero-order valence-electron chi connectivity index (χ0n) is 8.66. The van der Waals surface area contributed by atoms with Crippen molar-refractivity contribution in [1.82, 2.24) is 9.29 Å². The second-order valence-corrected chi connectivity index (χ2v) is 7.35. The Balaban J connectivity index is 2.41. The van der Waals surface area contributed by atoms with Crippen LogP contribution in [0.2, 0.25) is 4.47 Å². The SMILES string of the molecule is C/C(O)=S(\c1sc(Cl)nc1C)N1CCC1. The van der Waals surface area contributed by atoms with Gasteiger partial charge in [0.2, 0.25) is 0 Å². The Bertz CT molecular complexity index is 408. The molecule has 2 heterocycles. The van der Waals surface area contributed by atoms with Crippen molar-refractivity contribution in [2.24, 2.45) is 0 Å². The van der Waals surface area contributed by atoms with Gasteiger partial charge in [-0.05, 0) is 30.9 Å². The number of aryl methyl sites for hydroxylation is 1. The normalized spacial score (nSPS) is 19.9. The molecule has 0 bridgehead atoms. The van der Waals surface area contributed by atoms with Crippen LogP contribution in [0.1, 0.15) is 19.0 Å². The number of aliphatic hydroxyl groups excluding tert-OH is 1. The highest BCUT2D eigenvalue weighted by molar-refractivity contribution is 8.15. The number of nitrogens with zero attached hydrogens (tertiary/aromatic N) is 2. The molecule has 1 aliphatic rings. The highest BCUT2D eigenvalue weighted by atomic mass is 35.5. The first-order valence-electron chi connectivity index (χ1n) is 4.74. The molecule has 1 saturated heterocycles. The highest BCUT2D eigenvalue weighted by Gasteiger charge is 2.23. The molecule has 2 rings (SSSR count). The molecule has 6 heteroatoms. The molecular weight excluding hydrogens is 252 g/mol. The summed E-state index contributed by atoms with van der Waals surface area (Å²) >= 11 is 7.36. The molecule has 1 aromatic rings. The Morgan fingerprint density at radius 3 is 2.60 bits per heavy atom. The molecule has 1 aliphatic heterocycles. The number of hydrogen-bond donors (Lipinski definition) is 1. The molecule has 0 radical (unpaired) electrons. The summed E-state index contributed by atoms with van der Waals surface area (Å²) in [5, 5.41) is 10.2. The second-order valence-electron chi connectivity index (χ2n) is 3.43. The van der Waals surface area contributed by atoms with Gasteiger partial charge in [-0.15, -0.1) is 0 Å². The Labute approximate surface area is 101 Å². The fourth-order valence-corrected chi connectivity index (χ4v) is 5.52. The molecule has 0 amide bonds. The molecule has 1 aromatic heterocycles. The molecule has 0 saturated carbocycles. The molecule has 1 fully saturated rings. The van der Waals surface area contributed by atoms with E-state index in [9.17, 15) is 5.11 Å². The van der Waals surface area contributed by atoms with Gasteiger partial charge in [-0.1, -0.05) is 22.9 Å². The maximum Gasteiger partial charge on any atom is 0.184 e. The van der Waals surface area contributed by atoms with Gasteiger partial charge >= 0.3 is 0 Å². The smallest absolute Gasteiger partial charge is 0.184 e. The van der Waals surface area contributed by atoms with Gasteiger partial charge in [0.1, 0.15) is 0 Å². The minimum atomic E-state index is -0.311. The fraction of sp³-hybridized carbons (Fsp3) is 0.556. The third-order valence-electron chi connectivity index (χ3n) is 2.26. The summed E-state index contributed by atoms with van der Waals surface area (Å²) in [6.07, 6.45) is 1.21. The van der Waals surface area contributed by atoms with Crippen molar-refractivity contribution in [2.45, 2.75) is 24.5 Å². The van der Waals surface area contributed by atoms with Gasteiger partial charge in [-0.25, -0.2) is 9.29 Å². The lowest BCUT2D eigenvalue weighted by molar-refractivity contribution is 0.342. The summed E-state index contributed by atoms with van der Waals surface area (Å²) in [5.74, 6) is 0. The molecule has 1 N–H and O–H groups in total. The molecule has 0 aromatic carbocycles. The molecule has 1 unspecified atom stereocenters. The van der Waals surface area contributed by atoms with Gasteiger partial charge in [-0.2, -0.15) is 0 Å². The Morgan fingerprint density at radius 2 is 2.27 bits per heavy atom. The van der Waals surface area contributed by atoms with E-state index in [0.717, 1.165) is 23.0 Å². The van der Waals surface area contributed by atoms with E-state index in [1.165, 1.54) is 17.8 Å². The van der Waals surface area contributed by atoms with Crippen LogP contribution >= 0.6 is 33.6 Å². The summed E-state index contributed by atoms with van der Waals surface area (Å²) in [6, 6.07) is 0. The molecule has 0 spiro atoms. The largest absolute Gasteiger partial charge is 0.358 e. The first-order valence-corrected chi connectivity index (χ1v) is 7.12. The van der Waals surface area contributed by atoms with Crippen LogP contribution in [-0.2, 0) is 0 Å². The van der Waals surface area contributed by atoms with Crippen LogP contribution in [0.3, 0.4) is 0 Å². The lowest BCUT2D eigenvalue weighted by Crippen LogP contribution is -2.33. The molecule has 1 atom stereocenters. The first-order chi connectivity index (χ1) is 7.09. The maximum absolute atomic E-state index is 9.76. The van der Waals surface area contributed by atoms with Crippen molar-refractivity contribution in [3.63, 3.8) is 0 Å². The van der Waals surface area contributed by atoms with E-state index in [1.807, 2.05) is 6.92 Å². The number of hydrogen-bond acceptors (Lipinski definition) is 3. The summed E-state index contributed by atoms with van der Waals surface area (Å²) < 4.78 is 3.92. The van der Waals surface area contributed by atoms with E-state index in [1.54, 1.807) is 6.92 Å². The van der Waals surface area contributed by atoms with Crippen LogP contribution in [-0.4, -0.2) is 32.5 Å². The van der Waals surface area contributed by atoms with Gasteiger partial charge in [0.05, 0.1) is 15.0 Å². The van der Waals surface area contributed by atoms with Crippen molar-refractivity contribution in [1.29, 1.82) is 0 Å². The van der Waals surface area contributed by atoms with Crippen LogP contribution in [0.5, 0.6) is 0 Å². The van der Waals surface area contributed by atoms with E-state index in [4.69, 9.17) is 11.6 Å². The Hall–Kier alpha value is 0.0600. The predicted molar refractivity (Wildman–Crippen MR) is 67.2 cm³/mol. The lowest BCUT2D eigenvalue weighted by Gasteiger charge is -2.33. The van der Waals surface area contributed by atoms with Gasteiger partial charge < -0.3 is 5.11 Å². The van der Waals surface area contributed by atoms with E-state index in [2.05, 4.69) is 9.29 Å². The zero-order valence-corrected chi connectivity index (χ0v) is 11.0. The van der Waals surface area contributed by atoms with Crippen molar-refractivity contribution in [2.75, 3.05) is 13.1 Å². The standard InChI is InChI=1S/C9H13ClN2OS2/c1-6-8(14-9(10)11-6)15(7(2)13)12-4-3-5-12/h13H,3-5H2,1-2H3. The van der Waals surface area contributed by atoms with Crippen LogP contribution in [0.15, 0.2) is 4.21 Å². The molecule has 0 aliphatic carbocycles. The first kappa shape index (κ1) is 11.5. The molecule has 3 nitrogen and oxygen atoms in total. The van der Waals surface area contributed by atoms with Crippen LogP contribution in [0, 0.1) is 6.92 Å². The molecule has 15 heavy (non-hydrogen) atoms. The van der Waals surface area contributed by atoms with Crippen molar-refractivity contribution in [3.8, 4) is 0 Å². The summed E-state index contributed by atoms with van der Waals surface area (Å²) in [7, 11) is -0.311. The van der Waals surface area contributed by atoms with Gasteiger partial charge in [0.25, 0.3) is 0 Å². The summed E-state index contributed by atoms with van der Waals surface area (Å²) in [4.78, 5) is 4.19. The predicted octanol–water partition coefficient (Wildman–Crippen LogP) is 3.06. The minimum absolute atomic E-state index is 0.311. The maximum atomic E-state index is 9.76. The van der Waals surface area contributed by atoms with E-state index < -0.39 is 0 Å². The van der Waals surface area contributed by atoms with E-state index in [-0.39, 0.29) is 10.7 Å². The van der Waals surface area contributed by atoms with Crippen LogP contribution in [0.25, 0.3) is 0 Å². The van der Waals surface area contributed by atoms with Crippen molar-refractivity contribution >= 4 is 38.7 Å². The monoisotopic (exact) mass is 264 g/mol. The lowest BCUT2D eigenvalue weighted by atomic mass is 10.3. The number of rotatable bonds is 2. The average Bonchev–Trinajstić information content (AvgIpc) is 2.36. The fourth-order valence-electron chi connectivity index (χ4n) is 1.44. The van der Waals surface area contributed by atoms with Gasteiger partial charge in [0, 0.05) is 13.1 Å². The summed E-state index contributed by atoms with van der Waals surface area (Å²) in [6.45, 7) is 5.81. The Morgan fingerprint density at radius 1 is 1.60 bits per heavy atom. The minimum Gasteiger partial charge on any atom is -0.358 e. The topological polar surface area (TPSA) is 36.4 Å². The third-order valence-corrected chi connectivity index (χ3v) is 6.12. The van der Waals surface area contributed by atoms with Crippen LogP contribution < -0.4 is 0 Å². The second kappa shape index (κ2) is 4.51. The third kappa shape index (κ3) is 2.26. The van der Waals surface area contributed by atoms with E-state index in [0.29, 0.717) is 9.52 Å². The van der Waals surface area contributed by atoms with Gasteiger partial charge in [0.15, 0.2) is 4.47 Å². The number of halogens is 1. The van der Waals surface area contributed by atoms with E-state index >= 15 is 0 Å². The average molecular weight is 265 g/mol. The van der Waals surface area contributed by atoms with Crippen molar-refractivity contribution < 1.29 is 5.11 Å². The Kier molecular flexibility index (Phi) is 3.47. The number of aromatic nitrogens is 1. The van der Waals surface area contributed by atoms with Crippen molar-refractivity contribution in [3.05, 3.63) is 10.2 Å². The van der Waals surface area contributed by atoms with Gasteiger partial charge in [-0.3, -0.25) is 0 Å². The zero-order chi connectivity index (χ0) is 11.0. The van der Waals surface area contributed by atoms with Crippen LogP contribution in [0.4, 0.5) is 0 Å². The highest BCUT2D eigenvalue weighted by Crippen LogP contribution is 2.42. The molecular formula is C9H13ClN2OS2. The summed E-state index contributed by atoms with van der Waals surface area (Å²) in [5.41, 5.74) is 0.939. The number of aliphatic hydroxyl groups is 1.